The van der Waals surface area contributed by atoms with Gasteiger partial charge in [0.2, 0.25) is 5.91 Å². The third kappa shape index (κ3) is 3.53. The van der Waals surface area contributed by atoms with Gasteiger partial charge in [-0.15, -0.1) is 0 Å². The topological polar surface area (TPSA) is 46.3 Å². The van der Waals surface area contributed by atoms with Crippen LogP contribution in [-0.4, -0.2) is 19.0 Å². The highest BCUT2D eigenvalue weighted by Crippen LogP contribution is 2.21. The normalized spacial score (nSPS) is 12.2. The van der Waals surface area contributed by atoms with Crippen molar-refractivity contribution in [2.75, 3.05) is 18.0 Å². The van der Waals surface area contributed by atoms with Gasteiger partial charge >= 0.3 is 0 Å². The largest absolute Gasteiger partial charge is 0.330 e. The lowest BCUT2D eigenvalue weighted by atomic mass is 10.1. The minimum absolute atomic E-state index is 0.0453. The second-order valence-corrected chi connectivity index (χ2v) is 4.39. The number of anilines is 1. The molecule has 1 atom stereocenters. The van der Waals surface area contributed by atoms with E-state index < -0.39 is 0 Å². The number of benzene rings is 1. The first kappa shape index (κ1) is 14.6. The zero-order chi connectivity index (χ0) is 13.5. The van der Waals surface area contributed by atoms with Gasteiger partial charge in [-0.2, -0.15) is 0 Å². The number of rotatable bonds is 6. The van der Waals surface area contributed by atoms with Crippen LogP contribution in [0.25, 0.3) is 0 Å². The molecule has 0 bridgehead atoms. The van der Waals surface area contributed by atoms with Gasteiger partial charge in [-0.05, 0) is 31.5 Å². The minimum atomic E-state index is -0.369. The lowest BCUT2D eigenvalue weighted by molar-refractivity contribution is -0.122. The number of carbonyl (C=O) groups excluding carboxylic acids is 1. The molecule has 0 saturated heterocycles. The van der Waals surface area contributed by atoms with E-state index in [1.807, 2.05) is 13.8 Å². The molecule has 1 unspecified atom stereocenters. The Kier molecular flexibility index (Phi) is 5.78. The summed E-state index contributed by atoms with van der Waals surface area (Å²) in [7, 11) is 0. The van der Waals surface area contributed by atoms with Crippen LogP contribution in [0.4, 0.5) is 10.1 Å². The van der Waals surface area contributed by atoms with Gasteiger partial charge in [-0.3, -0.25) is 4.79 Å². The third-order valence-electron chi connectivity index (χ3n) is 3.03. The lowest BCUT2D eigenvalue weighted by Crippen LogP contribution is -2.37. The molecule has 0 aliphatic carbocycles. The standard InChI is InChI=1S/C14H21FN2O/c1-3-11(2)14(18)17(10-6-9-16)13-8-5-4-7-12(13)15/h4-5,7-8,11H,3,6,9-10,16H2,1-2H3. The highest BCUT2D eigenvalue weighted by atomic mass is 19.1. The first-order valence-corrected chi connectivity index (χ1v) is 6.37. The highest BCUT2D eigenvalue weighted by Gasteiger charge is 2.22. The molecule has 0 aromatic heterocycles. The van der Waals surface area contributed by atoms with Crippen LogP contribution in [-0.2, 0) is 4.79 Å². The lowest BCUT2D eigenvalue weighted by Gasteiger charge is -2.25. The summed E-state index contributed by atoms with van der Waals surface area (Å²) in [4.78, 5) is 13.8. The molecule has 0 saturated carbocycles. The van der Waals surface area contributed by atoms with Gasteiger partial charge in [0.25, 0.3) is 0 Å². The number of halogens is 1. The Morgan fingerprint density at radius 2 is 2.11 bits per heavy atom. The molecular weight excluding hydrogens is 231 g/mol. The SMILES string of the molecule is CCC(C)C(=O)N(CCCN)c1ccccc1F. The molecule has 100 valence electrons. The van der Waals surface area contributed by atoms with Crippen molar-refractivity contribution in [2.45, 2.75) is 26.7 Å². The van der Waals surface area contributed by atoms with E-state index in [9.17, 15) is 9.18 Å². The summed E-state index contributed by atoms with van der Waals surface area (Å²) in [6.07, 6.45) is 1.41. The maximum Gasteiger partial charge on any atom is 0.229 e. The maximum atomic E-state index is 13.8. The number of nitrogens with zero attached hydrogens (tertiary/aromatic N) is 1. The Balaban J connectivity index is 2.98. The average Bonchev–Trinajstić information content (AvgIpc) is 2.39. The van der Waals surface area contributed by atoms with Gasteiger partial charge in [-0.1, -0.05) is 26.0 Å². The molecule has 0 aliphatic heterocycles. The summed E-state index contributed by atoms with van der Waals surface area (Å²) in [5.74, 6) is -0.524. The van der Waals surface area contributed by atoms with Crippen molar-refractivity contribution < 1.29 is 9.18 Å². The number of hydrogen-bond acceptors (Lipinski definition) is 2. The van der Waals surface area contributed by atoms with Crippen molar-refractivity contribution in [3.8, 4) is 0 Å². The van der Waals surface area contributed by atoms with Crippen molar-refractivity contribution >= 4 is 11.6 Å². The second-order valence-electron chi connectivity index (χ2n) is 4.39. The monoisotopic (exact) mass is 252 g/mol. The van der Waals surface area contributed by atoms with Crippen molar-refractivity contribution in [3.05, 3.63) is 30.1 Å². The molecule has 0 fully saturated rings. The quantitative estimate of drug-likeness (QED) is 0.845. The molecule has 2 N–H and O–H groups in total. The molecule has 1 aromatic carbocycles. The molecule has 1 amide bonds. The van der Waals surface area contributed by atoms with Crippen molar-refractivity contribution in [1.29, 1.82) is 0 Å². The minimum Gasteiger partial charge on any atom is -0.330 e. The smallest absolute Gasteiger partial charge is 0.229 e. The highest BCUT2D eigenvalue weighted by molar-refractivity contribution is 5.94. The van der Waals surface area contributed by atoms with E-state index in [0.29, 0.717) is 25.2 Å². The summed E-state index contributed by atoms with van der Waals surface area (Å²) >= 11 is 0. The molecule has 0 aliphatic rings. The zero-order valence-electron chi connectivity index (χ0n) is 11.0. The average molecular weight is 252 g/mol. The van der Waals surface area contributed by atoms with Crippen LogP contribution in [0.3, 0.4) is 0 Å². The van der Waals surface area contributed by atoms with Crippen LogP contribution in [0.1, 0.15) is 26.7 Å². The van der Waals surface area contributed by atoms with Crippen LogP contribution in [0.2, 0.25) is 0 Å². The van der Waals surface area contributed by atoms with Crippen molar-refractivity contribution in [2.24, 2.45) is 11.7 Å². The molecule has 18 heavy (non-hydrogen) atoms. The fraction of sp³-hybridized carbons (Fsp3) is 0.500. The van der Waals surface area contributed by atoms with Crippen LogP contribution in [0.15, 0.2) is 24.3 Å². The van der Waals surface area contributed by atoms with E-state index in [4.69, 9.17) is 5.73 Å². The Morgan fingerprint density at radius 1 is 1.44 bits per heavy atom. The van der Waals surface area contributed by atoms with Gasteiger partial charge in [-0.25, -0.2) is 4.39 Å². The van der Waals surface area contributed by atoms with E-state index in [2.05, 4.69) is 0 Å². The Bertz CT molecular complexity index is 395. The number of hydrogen-bond donors (Lipinski definition) is 1. The van der Waals surface area contributed by atoms with E-state index in [-0.39, 0.29) is 17.6 Å². The predicted octanol–water partition coefficient (Wildman–Crippen LogP) is 2.55. The predicted molar refractivity (Wildman–Crippen MR) is 71.9 cm³/mol. The molecule has 0 radical (unpaired) electrons. The first-order chi connectivity index (χ1) is 8.61. The van der Waals surface area contributed by atoms with E-state index in [1.54, 1.807) is 18.2 Å². The fourth-order valence-corrected chi connectivity index (χ4v) is 1.71. The maximum absolute atomic E-state index is 13.8. The van der Waals surface area contributed by atoms with E-state index in [0.717, 1.165) is 6.42 Å². The summed E-state index contributed by atoms with van der Waals surface area (Å²) in [6, 6.07) is 6.35. The molecule has 1 aromatic rings. The Labute approximate surface area is 108 Å². The van der Waals surface area contributed by atoms with Gasteiger partial charge in [0, 0.05) is 12.5 Å². The Morgan fingerprint density at radius 3 is 2.67 bits per heavy atom. The first-order valence-electron chi connectivity index (χ1n) is 6.37. The van der Waals surface area contributed by atoms with Crippen molar-refractivity contribution in [1.82, 2.24) is 0 Å². The van der Waals surface area contributed by atoms with Gasteiger partial charge in [0.15, 0.2) is 0 Å². The van der Waals surface area contributed by atoms with Gasteiger partial charge in [0.05, 0.1) is 5.69 Å². The molecule has 4 heteroatoms. The number of para-hydroxylation sites is 1. The van der Waals surface area contributed by atoms with Crippen LogP contribution in [0.5, 0.6) is 0 Å². The molecule has 1 rings (SSSR count). The fourth-order valence-electron chi connectivity index (χ4n) is 1.71. The summed E-state index contributed by atoms with van der Waals surface area (Å²) in [5.41, 5.74) is 5.81. The van der Waals surface area contributed by atoms with Gasteiger partial charge < -0.3 is 10.6 Å². The number of nitrogens with two attached hydrogens (primary N) is 1. The molecular formula is C14H21FN2O. The molecule has 0 heterocycles. The van der Waals surface area contributed by atoms with Crippen LogP contribution < -0.4 is 10.6 Å². The van der Waals surface area contributed by atoms with E-state index in [1.165, 1.54) is 11.0 Å². The number of carbonyl (C=O) groups is 1. The Hall–Kier alpha value is -1.42. The van der Waals surface area contributed by atoms with Gasteiger partial charge in [0.1, 0.15) is 5.82 Å². The zero-order valence-corrected chi connectivity index (χ0v) is 11.0. The van der Waals surface area contributed by atoms with Crippen LogP contribution in [0, 0.1) is 11.7 Å². The van der Waals surface area contributed by atoms with Crippen LogP contribution >= 0.6 is 0 Å². The molecule has 3 nitrogen and oxygen atoms in total. The molecule has 0 spiro atoms. The summed E-state index contributed by atoms with van der Waals surface area (Å²) < 4.78 is 13.8. The number of amides is 1. The third-order valence-corrected chi connectivity index (χ3v) is 3.03. The van der Waals surface area contributed by atoms with E-state index >= 15 is 0 Å². The second kappa shape index (κ2) is 7.11. The summed E-state index contributed by atoms with van der Waals surface area (Å²) in [6.45, 7) is 4.75. The van der Waals surface area contributed by atoms with Crippen molar-refractivity contribution in [3.63, 3.8) is 0 Å². The summed E-state index contributed by atoms with van der Waals surface area (Å²) in [5, 5.41) is 0.